The zero-order chi connectivity index (χ0) is 27.0. The number of ether oxygens (including phenoxy) is 5. The third-order valence-electron chi connectivity index (χ3n) is 7.50. The average molecular weight is 525 g/mol. The molecule has 2 fully saturated rings. The normalized spacial score (nSPS) is 25.8. The number of fused-ring (bicyclic) bond motifs is 2. The van der Waals surface area contributed by atoms with Gasteiger partial charge in [-0.05, 0) is 31.5 Å². The summed E-state index contributed by atoms with van der Waals surface area (Å²) in [5.74, 6) is -1.18. The van der Waals surface area contributed by atoms with E-state index in [0.29, 0.717) is 60.3 Å². The molecule has 0 aromatic heterocycles. The van der Waals surface area contributed by atoms with Gasteiger partial charge in [0, 0.05) is 23.7 Å². The lowest BCUT2D eigenvalue weighted by atomic mass is 9.77. The summed E-state index contributed by atoms with van der Waals surface area (Å²) in [7, 11) is 3.08. The molecule has 10 nitrogen and oxygen atoms in total. The predicted octanol–water partition coefficient (Wildman–Crippen LogP) is 3.03. The van der Waals surface area contributed by atoms with Crippen LogP contribution in [0.1, 0.15) is 38.3 Å². The van der Waals surface area contributed by atoms with E-state index >= 15 is 0 Å². The number of amides is 2. The largest absolute Gasteiger partial charge is 0.497 e. The molecule has 0 unspecified atom stereocenters. The van der Waals surface area contributed by atoms with Crippen LogP contribution in [0.25, 0.3) is 0 Å². The quantitative estimate of drug-likeness (QED) is 0.411. The number of benzene rings is 2. The lowest BCUT2D eigenvalue weighted by Gasteiger charge is -2.33. The van der Waals surface area contributed by atoms with Crippen LogP contribution in [0.15, 0.2) is 36.4 Å². The highest BCUT2D eigenvalue weighted by Crippen LogP contribution is 2.53. The summed E-state index contributed by atoms with van der Waals surface area (Å²) in [6.45, 7) is 4.59. The van der Waals surface area contributed by atoms with Gasteiger partial charge in [-0.15, -0.1) is 0 Å². The van der Waals surface area contributed by atoms with E-state index in [4.69, 9.17) is 23.7 Å². The van der Waals surface area contributed by atoms with E-state index in [1.807, 2.05) is 6.92 Å². The van der Waals surface area contributed by atoms with Gasteiger partial charge in [0.2, 0.25) is 11.8 Å². The van der Waals surface area contributed by atoms with Gasteiger partial charge in [-0.1, -0.05) is 19.4 Å². The number of esters is 1. The highest BCUT2D eigenvalue weighted by molar-refractivity contribution is 6.24. The fraction of sp³-hybridized carbons (Fsp3) is 0.464. The van der Waals surface area contributed by atoms with Crippen molar-refractivity contribution < 1.29 is 38.1 Å². The molecule has 0 bridgehead atoms. The van der Waals surface area contributed by atoms with Crippen molar-refractivity contribution in [2.75, 3.05) is 38.9 Å². The van der Waals surface area contributed by atoms with E-state index in [0.717, 1.165) is 0 Å². The Morgan fingerprint density at radius 1 is 1.03 bits per heavy atom. The van der Waals surface area contributed by atoms with Crippen molar-refractivity contribution in [2.24, 2.45) is 11.8 Å². The molecule has 38 heavy (non-hydrogen) atoms. The van der Waals surface area contributed by atoms with Crippen LogP contribution >= 0.6 is 0 Å². The molecule has 10 heteroatoms. The Morgan fingerprint density at radius 2 is 1.79 bits per heavy atom. The van der Waals surface area contributed by atoms with Gasteiger partial charge in [-0.3, -0.25) is 19.7 Å². The smallest absolute Gasteiger partial charge is 0.327 e. The molecule has 3 heterocycles. The van der Waals surface area contributed by atoms with Crippen LogP contribution in [0.5, 0.6) is 23.0 Å². The minimum absolute atomic E-state index is 0.147. The molecule has 2 saturated heterocycles. The Morgan fingerprint density at radius 3 is 2.47 bits per heavy atom. The summed E-state index contributed by atoms with van der Waals surface area (Å²) in [6.07, 6.45) is 0.906. The van der Waals surface area contributed by atoms with E-state index in [9.17, 15) is 14.4 Å². The fourth-order valence-electron chi connectivity index (χ4n) is 5.94. The number of carbonyl (C=O) groups is 3. The second kappa shape index (κ2) is 10.2. The first-order valence-corrected chi connectivity index (χ1v) is 12.8. The highest BCUT2D eigenvalue weighted by atomic mass is 16.6. The third kappa shape index (κ3) is 3.94. The first-order valence-electron chi connectivity index (χ1n) is 12.8. The molecule has 3 aliphatic rings. The van der Waals surface area contributed by atoms with Crippen LogP contribution in [-0.4, -0.2) is 57.4 Å². The van der Waals surface area contributed by atoms with Gasteiger partial charge in [0.25, 0.3) is 0 Å². The molecule has 202 valence electrons. The SMILES string of the molecule is CCC[C@]1(C(=O)OCC)N[C@@H](c2ccc(OC)cc2OC)[C@H]2C(=O)N(c3ccc4c(c3)OCCO4)C(=O)[C@H]21. The summed E-state index contributed by atoms with van der Waals surface area (Å²) < 4.78 is 27.8. The van der Waals surface area contributed by atoms with Crippen molar-refractivity contribution in [3.05, 3.63) is 42.0 Å². The standard InChI is InChI=1S/C28H32N2O8/c1-5-11-28(27(33)36-6-2)23-22(24(29-28)18-9-8-17(34-3)15-20(18)35-4)25(31)30(26(23)32)16-7-10-19-21(14-16)38-13-12-37-19/h7-10,14-15,22-24,29H,5-6,11-13H2,1-4H3/t22-,23-,24-,28-/m0/s1. The third-order valence-corrected chi connectivity index (χ3v) is 7.50. The van der Waals surface area contributed by atoms with Gasteiger partial charge in [0.15, 0.2) is 11.5 Å². The van der Waals surface area contributed by atoms with Crippen LogP contribution in [0.3, 0.4) is 0 Å². The highest BCUT2D eigenvalue weighted by Gasteiger charge is 2.69. The Kier molecular flexibility index (Phi) is 6.92. The summed E-state index contributed by atoms with van der Waals surface area (Å²) in [6, 6.07) is 9.57. The second-order valence-corrected chi connectivity index (χ2v) is 9.52. The molecule has 0 spiro atoms. The molecular formula is C28H32N2O8. The molecule has 0 saturated carbocycles. The number of hydrogen-bond acceptors (Lipinski definition) is 9. The van der Waals surface area contributed by atoms with Crippen molar-refractivity contribution in [1.29, 1.82) is 0 Å². The maximum atomic E-state index is 14.1. The summed E-state index contributed by atoms with van der Waals surface area (Å²) in [5, 5.41) is 3.39. The molecule has 4 atom stereocenters. The number of methoxy groups -OCH3 is 2. The number of anilines is 1. The Hall–Kier alpha value is -3.79. The molecule has 5 rings (SSSR count). The van der Waals surface area contributed by atoms with Crippen molar-refractivity contribution in [3.63, 3.8) is 0 Å². The number of nitrogens with one attached hydrogen (secondary N) is 1. The van der Waals surface area contributed by atoms with Gasteiger partial charge in [0.1, 0.15) is 30.3 Å². The molecular weight excluding hydrogens is 492 g/mol. The number of nitrogens with zero attached hydrogens (tertiary/aromatic N) is 1. The number of imide groups is 1. The van der Waals surface area contributed by atoms with Crippen molar-refractivity contribution in [2.45, 2.75) is 38.3 Å². The Bertz CT molecular complexity index is 1260. The topological polar surface area (TPSA) is 113 Å². The van der Waals surface area contributed by atoms with E-state index in [-0.39, 0.29) is 6.61 Å². The maximum absolute atomic E-state index is 14.1. The summed E-state index contributed by atoms with van der Waals surface area (Å²) in [5.41, 5.74) is -0.371. The molecule has 1 N–H and O–H groups in total. The lowest BCUT2D eigenvalue weighted by molar-refractivity contribution is -0.155. The lowest BCUT2D eigenvalue weighted by Crippen LogP contribution is -2.56. The van der Waals surface area contributed by atoms with Crippen LogP contribution < -0.4 is 29.2 Å². The average Bonchev–Trinajstić information content (AvgIpc) is 3.41. The number of hydrogen-bond donors (Lipinski definition) is 1. The zero-order valence-corrected chi connectivity index (χ0v) is 21.9. The van der Waals surface area contributed by atoms with Crippen LogP contribution in [0.2, 0.25) is 0 Å². The van der Waals surface area contributed by atoms with E-state index in [1.54, 1.807) is 50.4 Å². The number of rotatable bonds is 8. The molecule has 2 amide bonds. The molecule has 2 aromatic carbocycles. The summed E-state index contributed by atoms with van der Waals surface area (Å²) >= 11 is 0. The number of carbonyl (C=O) groups excluding carboxylic acids is 3. The van der Waals surface area contributed by atoms with E-state index in [2.05, 4.69) is 5.32 Å². The van der Waals surface area contributed by atoms with Gasteiger partial charge in [-0.2, -0.15) is 0 Å². The van der Waals surface area contributed by atoms with Crippen LogP contribution in [-0.2, 0) is 19.1 Å². The van der Waals surface area contributed by atoms with Crippen LogP contribution in [0, 0.1) is 11.8 Å². The van der Waals surface area contributed by atoms with Gasteiger partial charge in [0.05, 0.1) is 38.3 Å². The van der Waals surface area contributed by atoms with Crippen molar-refractivity contribution in [1.82, 2.24) is 5.32 Å². The van der Waals surface area contributed by atoms with Gasteiger partial charge in [-0.25, -0.2) is 4.90 Å². The Labute approximate surface area is 221 Å². The van der Waals surface area contributed by atoms with Crippen molar-refractivity contribution in [3.8, 4) is 23.0 Å². The fourth-order valence-corrected chi connectivity index (χ4v) is 5.94. The molecule has 0 radical (unpaired) electrons. The van der Waals surface area contributed by atoms with Crippen molar-refractivity contribution >= 4 is 23.5 Å². The minimum atomic E-state index is -1.39. The first-order chi connectivity index (χ1) is 18.4. The van der Waals surface area contributed by atoms with E-state index in [1.165, 1.54) is 12.0 Å². The van der Waals surface area contributed by atoms with Crippen LogP contribution in [0.4, 0.5) is 5.69 Å². The van der Waals surface area contributed by atoms with E-state index < -0.39 is 41.2 Å². The second-order valence-electron chi connectivity index (χ2n) is 9.52. The molecule has 2 aromatic rings. The predicted molar refractivity (Wildman–Crippen MR) is 137 cm³/mol. The Balaban J connectivity index is 1.64. The molecule has 0 aliphatic carbocycles. The first kappa shape index (κ1) is 25.8. The monoisotopic (exact) mass is 524 g/mol. The van der Waals surface area contributed by atoms with Gasteiger partial charge < -0.3 is 23.7 Å². The molecule has 3 aliphatic heterocycles. The zero-order valence-electron chi connectivity index (χ0n) is 21.9. The summed E-state index contributed by atoms with van der Waals surface area (Å²) in [4.78, 5) is 43.0. The minimum Gasteiger partial charge on any atom is -0.497 e. The maximum Gasteiger partial charge on any atom is 0.327 e. The van der Waals surface area contributed by atoms with Gasteiger partial charge >= 0.3 is 5.97 Å².